The predicted octanol–water partition coefficient (Wildman–Crippen LogP) is 4.46. The van der Waals surface area contributed by atoms with Crippen LogP contribution in [-0.2, 0) is 0 Å². The molecular weight excluding hydrogens is 289 g/mol. The van der Waals surface area contributed by atoms with Gasteiger partial charge in [0.15, 0.2) is 11.4 Å². The lowest BCUT2D eigenvalue weighted by molar-refractivity contribution is 0.104. The number of fused-ring (bicyclic) bond motifs is 1. The van der Waals surface area contributed by atoms with Crippen LogP contribution in [0.1, 0.15) is 10.4 Å². The fourth-order valence-electron chi connectivity index (χ4n) is 1.77. The van der Waals surface area contributed by atoms with Crippen LogP contribution in [0.4, 0.5) is 4.39 Å². The lowest BCUT2D eigenvalue weighted by Gasteiger charge is -1.94. The smallest absolute Gasteiger partial charge is 0.261 e. The molecule has 0 atom stereocenters. The third-order valence-electron chi connectivity index (χ3n) is 2.79. The Labute approximate surface area is 124 Å². The number of aromatic nitrogens is 1. The van der Waals surface area contributed by atoms with Gasteiger partial charge in [0, 0.05) is 5.56 Å². The fourth-order valence-corrected chi connectivity index (χ4v) is 2.36. The first-order valence-corrected chi connectivity index (χ1v) is 7.09. The minimum atomic E-state index is -0.364. The minimum Gasteiger partial charge on any atom is -0.431 e. The SMILES string of the molecule is O=C(C=CSc1nc2ccccc2o1)c1ccc(F)cc1. The first-order valence-electron chi connectivity index (χ1n) is 6.21. The van der Waals surface area contributed by atoms with E-state index in [0.29, 0.717) is 16.4 Å². The molecule has 2 aromatic carbocycles. The zero-order valence-electron chi connectivity index (χ0n) is 10.8. The molecule has 1 heterocycles. The maximum atomic E-state index is 12.8. The van der Waals surface area contributed by atoms with Gasteiger partial charge in [-0.1, -0.05) is 12.1 Å². The third-order valence-corrected chi connectivity index (χ3v) is 3.44. The van der Waals surface area contributed by atoms with Gasteiger partial charge in [-0.2, -0.15) is 0 Å². The van der Waals surface area contributed by atoms with Gasteiger partial charge in [0.05, 0.1) is 0 Å². The highest BCUT2D eigenvalue weighted by Crippen LogP contribution is 2.23. The Morgan fingerprint density at radius 2 is 1.90 bits per heavy atom. The summed E-state index contributed by atoms with van der Waals surface area (Å²) in [7, 11) is 0. The van der Waals surface area contributed by atoms with Gasteiger partial charge in [0.1, 0.15) is 11.3 Å². The largest absolute Gasteiger partial charge is 0.431 e. The molecule has 104 valence electrons. The van der Waals surface area contributed by atoms with Crippen molar-refractivity contribution in [1.29, 1.82) is 0 Å². The van der Waals surface area contributed by atoms with Crippen LogP contribution in [0.2, 0.25) is 0 Å². The summed E-state index contributed by atoms with van der Waals surface area (Å²) in [4.78, 5) is 16.1. The van der Waals surface area contributed by atoms with Crippen LogP contribution in [-0.4, -0.2) is 10.8 Å². The summed E-state index contributed by atoms with van der Waals surface area (Å²) in [6.45, 7) is 0. The number of nitrogens with zero attached hydrogens (tertiary/aromatic N) is 1. The topological polar surface area (TPSA) is 43.1 Å². The van der Waals surface area contributed by atoms with Gasteiger partial charge in [-0.05, 0) is 59.6 Å². The van der Waals surface area contributed by atoms with Crippen molar-refractivity contribution < 1.29 is 13.6 Å². The van der Waals surface area contributed by atoms with E-state index in [4.69, 9.17) is 4.42 Å². The lowest BCUT2D eigenvalue weighted by Crippen LogP contribution is -1.93. The second-order valence-corrected chi connectivity index (χ2v) is 5.10. The first kappa shape index (κ1) is 13.6. The van der Waals surface area contributed by atoms with Crippen LogP contribution in [0.3, 0.4) is 0 Å². The maximum Gasteiger partial charge on any atom is 0.261 e. The van der Waals surface area contributed by atoms with Crippen molar-refractivity contribution in [2.75, 3.05) is 0 Å². The van der Waals surface area contributed by atoms with Crippen LogP contribution >= 0.6 is 11.8 Å². The number of carbonyl (C=O) groups is 1. The molecule has 0 aliphatic carbocycles. The van der Waals surface area contributed by atoms with Crippen molar-refractivity contribution in [1.82, 2.24) is 4.98 Å². The van der Waals surface area contributed by atoms with Gasteiger partial charge in [-0.25, -0.2) is 9.37 Å². The van der Waals surface area contributed by atoms with Gasteiger partial charge >= 0.3 is 0 Å². The number of rotatable bonds is 4. The molecule has 3 nitrogen and oxygen atoms in total. The molecule has 0 unspecified atom stereocenters. The summed E-state index contributed by atoms with van der Waals surface area (Å²) in [5, 5.41) is 2.08. The molecule has 0 spiro atoms. The number of hydrogen-bond acceptors (Lipinski definition) is 4. The van der Waals surface area contributed by atoms with Crippen molar-refractivity contribution in [2.24, 2.45) is 0 Å². The summed E-state index contributed by atoms with van der Waals surface area (Å²) >= 11 is 1.22. The molecule has 21 heavy (non-hydrogen) atoms. The number of thioether (sulfide) groups is 1. The highest BCUT2D eigenvalue weighted by molar-refractivity contribution is 8.01. The Morgan fingerprint density at radius 3 is 2.67 bits per heavy atom. The van der Waals surface area contributed by atoms with Crippen LogP contribution < -0.4 is 0 Å². The van der Waals surface area contributed by atoms with E-state index in [9.17, 15) is 9.18 Å². The first-order chi connectivity index (χ1) is 10.2. The number of ketones is 1. The molecule has 5 heteroatoms. The van der Waals surface area contributed by atoms with Crippen molar-refractivity contribution in [3.05, 3.63) is 71.4 Å². The van der Waals surface area contributed by atoms with Gasteiger partial charge in [-0.3, -0.25) is 4.79 Å². The monoisotopic (exact) mass is 299 g/mol. The molecule has 0 radical (unpaired) electrons. The van der Waals surface area contributed by atoms with Gasteiger partial charge in [0.25, 0.3) is 5.22 Å². The molecule has 0 fully saturated rings. The van der Waals surface area contributed by atoms with E-state index >= 15 is 0 Å². The molecule has 3 aromatic rings. The molecule has 0 saturated heterocycles. The summed E-state index contributed by atoms with van der Waals surface area (Å²) in [5.41, 5.74) is 1.92. The van der Waals surface area contributed by atoms with Crippen LogP contribution in [0, 0.1) is 5.82 Å². The summed E-state index contributed by atoms with van der Waals surface area (Å²) in [6, 6.07) is 12.9. The second-order valence-electron chi connectivity index (χ2n) is 4.24. The lowest BCUT2D eigenvalue weighted by atomic mass is 10.1. The van der Waals surface area contributed by atoms with Crippen LogP contribution in [0.25, 0.3) is 11.1 Å². The van der Waals surface area contributed by atoms with E-state index in [1.165, 1.54) is 42.1 Å². The van der Waals surface area contributed by atoms with Crippen LogP contribution in [0.5, 0.6) is 0 Å². The molecular formula is C16H10FNO2S. The Hall–Kier alpha value is -2.40. The predicted molar refractivity (Wildman–Crippen MR) is 79.7 cm³/mol. The molecule has 3 rings (SSSR count). The van der Waals surface area contributed by atoms with E-state index in [2.05, 4.69) is 4.98 Å². The average molecular weight is 299 g/mol. The van der Waals surface area contributed by atoms with Crippen molar-refractivity contribution in [3.8, 4) is 0 Å². The van der Waals surface area contributed by atoms with Crippen molar-refractivity contribution >= 4 is 28.6 Å². The molecule has 0 N–H and O–H groups in total. The normalized spacial score (nSPS) is 11.3. The minimum absolute atomic E-state index is 0.196. The fraction of sp³-hybridized carbons (Fsp3) is 0. The number of carbonyl (C=O) groups excluding carboxylic acids is 1. The van der Waals surface area contributed by atoms with E-state index in [-0.39, 0.29) is 11.6 Å². The maximum absolute atomic E-state index is 12.8. The number of allylic oxidation sites excluding steroid dienone is 1. The number of oxazole rings is 1. The Morgan fingerprint density at radius 1 is 1.14 bits per heavy atom. The average Bonchev–Trinajstić information content (AvgIpc) is 2.90. The zero-order valence-corrected chi connectivity index (χ0v) is 11.6. The van der Waals surface area contributed by atoms with Crippen LogP contribution in [0.15, 0.2) is 69.7 Å². The van der Waals surface area contributed by atoms with Gasteiger partial charge in [-0.15, -0.1) is 0 Å². The quantitative estimate of drug-likeness (QED) is 0.405. The Bertz CT molecular complexity index is 776. The highest BCUT2D eigenvalue weighted by atomic mass is 32.2. The molecule has 0 bridgehead atoms. The molecule has 0 amide bonds. The van der Waals surface area contributed by atoms with Crippen molar-refractivity contribution in [3.63, 3.8) is 0 Å². The number of halogens is 1. The summed E-state index contributed by atoms with van der Waals surface area (Å²) < 4.78 is 18.3. The molecule has 1 aromatic heterocycles. The number of benzene rings is 2. The molecule has 0 saturated carbocycles. The second kappa shape index (κ2) is 5.93. The molecule has 0 aliphatic heterocycles. The van der Waals surface area contributed by atoms with Crippen molar-refractivity contribution in [2.45, 2.75) is 5.22 Å². The third kappa shape index (κ3) is 3.20. The number of hydrogen-bond donors (Lipinski definition) is 0. The van der Waals surface area contributed by atoms with Gasteiger partial charge in [0.2, 0.25) is 0 Å². The highest BCUT2D eigenvalue weighted by Gasteiger charge is 2.05. The summed E-state index contributed by atoms with van der Waals surface area (Å²) in [5.74, 6) is -0.560. The Kier molecular flexibility index (Phi) is 3.83. The van der Waals surface area contributed by atoms with E-state index in [1.54, 1.807) is 5.41 Å². The Balaban J connectivity index is 1.68. The molecule has 0 aliphatic rings. The summed E-state index contributed by atoms with van der Waals surface area (Å²) in [6.07, 6.45) is 1.41. The van der Waals surface area contributed by atoms with Gasteiger partial charge < -0.3 is 4.42 Å². The van der Waals surface area contributed by atoms with E-state index in [0.717, 1.165) is 5.52 Å². The van der Waals surface area contributed by atoms with E-state index in [1.807, 2.05) is 24.3 Å². The zero-order chi connectivity index (χ0) is 14.7. The van der Waals surface area contributed by atoms with E-state index < -0.39 is 0 Å². The number of para-hydroxylation sites is 2. The standard InChI is InChI=1S/C16H10FNO2S/c17-12-7-5-11(6-8-12)14(19)9-10-21-16-18-13-3-1-2-4-15(13)20-16/h1-10H.